The van der Waals surface area contributed by atoms with Gasteiger partial charge in [-0.3, -0.25) is 0 Å². The molecule has 66 valence electrons. The van der Waals surface area contributed by atoms with E-state index in [-0.39, 0.29) is 0 Å². The third-order valence-corrected chi connectivity index (χ3v) is 2.87. The predicted octanol–water partition coefficient (Wildman–Crippen LogP) is 2.94. The molecule has 0 atom stereocenters. The fraction of sp³-hybridized carbons (Fsp3) is 0.400. The van der Waals surface area contributed by atoms with Gasteiger partial charge < -0.3 is 0 Å². The van der Waals surface area contributed by atoms with Gasteiger partial charge in [-0.25, -0.2) is 0 Å². The molecular formula is C10H14S2. The minimum atomic E-state index is 0.484. The summed E-state index contributed by atoms with van der Waals surface area (Å²) in [6, 6.07) is 8.59. The van der Waals surface area contributed by atoms with E-state index in [0.29, 0.717) is 5.92 Å². The fourth-order valence-corrected chi connectivity index (χ4v) is 1.99. The van der Waals surface area contributed by atoms with Gasteiger partial charge in [0.2, 0.25) is 0 Å². The van der Waals surface area contributed by atoms with Gasteiger partial charge in [-0.2, -0.15) is 25.3 Å². The van der Waals surface area contributed by atoms with E-state index in [1.807, 2.05) is 0 Å². The molecule has 12 heavy (non-hydrogen) atoms. The van der Waals surface area contributed by atoms with E-state index in [9.17, 15) is 0 Å². The Balaban J connectivity index is 2.80. The molecule has 0 heterocycles. The quantitative estimate of drug-likeness (QED) is 0.686. The van der Waals surface area contributed by atoms with Gasteiger partial charge in [0.05, 0.1) is 0 Å². The maximum Gasteiger partial charge on any atom is 0.00147 e. The summed E-state index contributed by atoms with van der Waals surface area (Å²) in [5, 5.41) is 0. The minimum Gasteiger partial charge on any atom is -0.179 e. The largest absolute Gasteiger partial charge is 0.179 e. The predicted molar refractivity (Wildman–Crippen MR) is 61.6 cm³/mol. The SMILES string of the molecule is Cc1ccc(C(CS)CS)cc1. The molecule has 0 radical (unpaired) electrons. The number of hydrogen-bond acceptors (Lipinski definition) is 2. The molecular weight excluding hydrogens is 184 g/mol. The van der Waals surface area contributed by atoms with E-state index in [4.69, 9.17) is 0 Å². The number of thiol groups is 2. The maximum absolute atomic E-state index is 4.28. The molecule has 0 amide bonds. The molecule has 0 fully saturated rings. The zero-order valence-electron chi connectivity index (χ0n) is 7.20. The van der Waals surface area contributed by atoms with Crippen LogP contribution in [0.25, 0.3) is 0 Å². The summed E-state index contributed by atoms with van der Waals surface area (Å²) < 4.78 is 0. The fourth-order valence-electron chi connectivity index (χ4n) is 1.11. The number of aryl methyl sites for hydroxylation is 1. The monoisotopic (exact) mass is 198 g/mol. The third-order valence-electron chi connectivity index (χ3n) is 1.99. The van der Waals surface area contributed by atoms with E-state index in [2.05, 4.69) is 56.4 Å². The average molecular weight is 198 g/mol. The summed E-state index contributed by atoms with van der Waals surface area (Å²) >= 11 is 8.57. The molecule has 0 saturated carbocycles. The Morgan fingerprint density at radius 2 is 1.58 bits per heavy atom. The van der Waals surface area contributed by atoms with Crippen molar-refractivity contribution in [2.24, 2.45) is 0 Å². The summed E-state index contributed by atoms with van der Waals surface area (Å²) in [5.41, 5.74) is 2.64. The van der Waals surface area contributed by atoms with Crippen molar-refractivity contribution in [3.05, 3.63) is 35.4 Å². The van der Waals surface area contributed by atoms with Gasteiger partial charge in [0.15, 0.2) is 0 Å². The average Bonchev–Trinajstić information content (AvgIpc) is 2.10. The van der Waals surface area contributed by atoms with Crippen LogP contribution in [-0.2, 0) is 0 Å². The van der Waals surface area contributed by atoms with Crippen LogP contribution in [0, 0.1) is 6.92 Å². The Bertz CT molecular complexity index is 224. The van der Waals surface area contributed by atoms with E-state index < -0.39 is 0 Å². The van der Waals surface area contributed by atoms with E-state index in [1.54, 1.807) is 0 Å². The molecule has 1 aromatic rings. The number of hydrogen-bond donors (Lipinski definition) is 2. The van der Waals surface area contributed by atoms with E-state index in [1.165, 1.54) is 11.1 Å². The van der Waals surface area contributed by atoms with Crippen LogP contribution in [0.3, 0.4) is 0 Å². The molecule has 0 aliphatic heterocycles. The van der Waals surface area contributed by atoms with Gasteiger partial charge in [-0.1, -0.05) is 29.8 Å². The molecule has 0 aromatic heterocycles. The molecule has 0 bridgehead atoms. The highest BCUT2D eigenvalue weighted by molar-refractivity contribution is 7.81. The topological polar surface area (TPSA) is 0 Å². The van der Waals surface area contributed by atoms with Crippen LogP contribution in [0.2, 0.25) is 0 Å². The first-order valence-electron chi connectivity index (χ1n) is 4.06. The van der Waals surface area contributed by atoms with Crippen LogP contribution in [0.15, 0.2) is 24.3 Å². The summed E-state index contributed by atoms with van der Waals surface area (Å²) in [4.78, 5) is 0. The van der Waals surface area contributed by atoms with Crippen LogP contribution in [0.1, 0.15) is 17.0 Å². The Morgan fingerprint density at radius 1 is 1.08 bits per heavy atom. The molecule has 0 saturated heterocycles. The van der Waals surface area contributed by atoms with E-state index in [0.717, 1.165) is 11.5 Å². The second-order valence-corrected chi connectivity index (χ2v) is 3.70. The molecule has 1 rings (SSSR count). The van der Waals surface area contributed by atoms with Gasteiger partial charge in [0, 0.05) is 5.92 Å². The summed E-state index contributed by atoms with van der Waals surface area (Å²) in [7, 11) is 0. The Morgan fingerprint density at radius 3 is 2.00 bits per heavy atom. The molecule has 0 aliphatic rings. The normalized spacial score (nSPS) is 10.7. The van der Waals surface area contributed by atoms with Gasteiger partial charge in [-0.15, -0.1) is 0 Å². The highest BCUT2D eigenvalue weighted by Gasteiger charge is 2.05. The molecule has 0 aliphatic carbocycles. The van der Waals surface area contributed by atoms with Crippen molar-refractivity contribution < 1.29 is 0 Å². The second kappa shape index (κ2) is 4.83. The summed E-state index contributed by atoms with van der Waals surface area (Å²) in [6.45, 7) is 2.10. The summed E-state index contributed by atoms with van der Waals surface area (Å²) in [6.07, 6.45) is 0. The second-order valence-electron chi connectivity index (χ2n) is 2.97. The van der Waals surface area contributed by atoms with Crippen molar-refractivity contribution in [1.29, 1.82) is 0 Å². The lowest BCUT2D eigenvalue weighted by Gasteiger charge is -2.11. The third kappa shape index (κ3) is 2.46. The Kier molecular flexibility index (Phi) is 4.02. The first-order valence-corrected chi connectivity index (χ1v) is 5.32. The van der Waals surface area contributed by atoms with Crippen molar-refractivity contribution in [3.8, 4) is 0 Å². The van der Waals surface area contributed by atoms with Crippen molar-refractivity contribution in [1.82, 2.24) is 0 Å². The molecule has 0 nitrogen and oxygen atoms in total. The maximum atomic E-state index is 4.28. The van der Waals surface area contributed by atoms with Crippen molar-refractivity contribution in [2.75, 3.05) is 11.5 Å². The first-order chi connectivity index (χ1) is 5.77. The van der Waals surface area contributed by atoms with Crippen LogP contribution >= 0.6 is 25.3 Å². The number of benzene rings is 1. The van der Waals surface area contributed by atoms with Gasteiger partial charge in [0.25, 0.3) is 0 Å². The lowest BCUT2D eigenvalue weighted by molar-refractivity contribution is 0.901. The smallest absolute Gasteiger partial charge is 0.00147 e. The van der Waals surface area contributed by atoms with Gasteiger partial charge >= 0.3 is 0 Å². The van der Waals surface area contributed by atoms with Gasteiger partial charge in [-0.05, 0) is 24.0 Å². The molecule has 1 aromatic carbocycles. The van der Waals surface area contributed by atoms with Gasteiger partial charge in [0.1, 0.15) is 0 Å². The highest BCUT2D eigenvalue weighted by Crippen LogP contribution is 2.18. The van der Waals surface area contributed by atoms with Crippen LogP contribution in [0.4, 0.5) is 0 Å². The first kappa shape index (κ1) is 10.0. The van der Waals surface area contributed by atoms with Crippen LogP contribution in [-0.4, -0.2) is 11.5 Å². The number of rotatable bonds is 3. The van der Waals surface area contributed by atoms with Crippen molar-refractivity contribution in [2.45, 2.75) is 12.8 Å². The van der Waals surface area contributed by atoms with Crippen molar-refractivity contribution >= 4 is 25.3 Å². The lowest BCUT2D eigenvalue weighted by atomic mass is 10.0. The summed E-state index contributed by atoms with van der Waals surface area (Å²) in [5.74, 6) is 2.22. The standard InChI is InChI=1S/C10H14S2/c1-8-2-4-9(5-3-8)10(6-11)7-12/h2-5,10-12H,6-7H2,1H3. The Hall–Kier alpha value is -0.0800. The molecule has 2 heteroatoms. The lowest BCUT2D eigenvalue weighted by Crippen LogP contribution is -2.01. The Labute approximate surface area is 85.2 Å². The van der Waals surface area contributed by atoms with Crippen molar-refractivity contribution in [3.63, 3.8) is 0 Å². The minimum absolute atomic E-state index is 0.484. The molecule has 0 unspecified atom stereocenters. The van der Waals surface area contributed by atoms with E-state index >= 15 is 0 Å². The highest BCUT2D eigenvalue weighted by atomic mass is 32.1. The zero-order chi connectivity index (χ0) is 8.97. The molecule has 0 spiro atoms. The zero-order valence-corrected chi connectivity index (χ0v) is 8.98. The van der Waals surface area contributed by atoms with Crippen LogP contribution < -0.4 is 0 Å². The van der Waals surface area contributed by atoms with Crippen LogP contribution in [0.5, 0.6) is 0 Å². The molecule has 0 N–H and O–H groups in total.